The van der Waals surface area contributed by atoms with Gasteiger partial charge in [-0.05, 0) is 43.2 Å². The number of piperidine rings is 1. The number of aryl methyl sites for hydroxylation is 1. The molecule has 1 aliphatic rings. The van der Waals surface area contributed by atoms with Crippen LogP contribution in [-0.2, 0) is 11.8 Å². The molecular weight excluding hydrogens is 351 g/mol. The molecule has 2 amide bonds. The summed E-state index contributed by atoms with van der Waals surface area (Å²) in [7, 11) is 1.71. The van der Waals surface area contributed by atoms with Gasteiger partial charge >= 0.3 is 0 Å². The van der Waals surface area contributed by atoms with Crippen LogP contribution in [0.15, 0.2) is 36.5 Å². The van der Waals surface area contributed by atoms with Gasteiger partial charge in [0.2, 0.25) is 5.91 Å². The number of aromatic nitrogens is 2. The van der Waals surface area contributed by atoms with Gasteiger partial charge in [0.25, 0.3) is 5.91 Å². The molecule has 2 aromatic rings. The lowest BCUT2D eigenvalue weighted by Gasteiger charge is -2.42. The lowest BCUT2D eigenvalue weighted by atomic mass is 9.77. The highest BCUT2D eigenvalue weighted by molar-refractivity contribution is 5.92. The van der Waals surface area contributed by atoms with E-state index in [9.17, 15) is 14.0 Å². The molecular formula is C19H23FN4O3. The van der Waals surface area contributed by atoms with E-state index in [-0.39, 0.29) is 24.8 Å². The fourth-order valence-corrected chi connectivity index (χ4v) is 3.58. The number of nitrogens with zero attached hydrogens (tertiary/aromatic N) is 3. The summed E-state index contributed by atoms with van der Waals surface area (Å²) in [6.07, 6.45) is 3.14. The summed E-state index contributed by atoms with van der Waals surface area (Å²) in [4.78, 5) is 26.2. The first-order valence-electron chi connectivity index (χ1n) is 8.82. The van der Waals surface area contributed by atoms with Crippen molar-refractivity contribution in [2.75, 3.05) is 19.7 Å². The fourth-order valence-electron chi connectivity index (χ4n) is 3.58. The van der Waals surface area contributed by atoms with Crippen molar-refractivity contribution < 1.29 is 18.7 Å². The highest BCUT2D eigenvalue weighted by Gasteiger charge is 2.40. The molecule has 1 aromatic carbocycles. The molecule has 1 saturated heterocycles. The van der Waals surface area contributed by atoms with E-state index in [4.69, 9.17) is 10.5 Å². The standard InChI is InChI=1S/C19H23FN4O3/c1-23-16(7-9-22-23)18(26)24-10-2-8-19(12-24,11-17(21)25)13-27-15-5-3-14(20)4-6-15/h3-7,9H,2,8,10-13H2,1H3,(H2,21,25)/t19-/m0/s1. The van der Waals surface area contributed by atoms with Gasteiger partial charge < -0.3 is 15.4 Å². The van der Waals surface area contributed by atoms with Gasteiger partial charge in [-0.1, -0.05) is 0 Å². The molecule has 3 rings (SSSR count). The number of likely N-dealkylation sites (tertiary alicyclic amines) is 1. The monoisotopic (exact) mass is 374 g/mol. The highest BCUT2D eigenvalue weighted by Crippen LogP contribution is 2.35. The van der Waals surface area contributed by atoms with Crippen LogP contribution < -0.4 is 10.5 Å². The van der Waals surface area contributed by atoms with E-state index in [0.717, 1.165) is 6.42 Å². The molecule has 1 aromatic heterocycles. The van der Waals surface area contributed by atoms with E-state index in [2.05, 4.69) is 5.10 Å². The van der Waals surface area contributed by atoms with Crippen molar-refractivity contribution >= 4 is 11.8 Å². The topological polar surface area (TPSA) is 90.4 Å². The number of benzene rings is 1. The van der Waals surface area contributed by atoms with E-state index < -0.39 is 11.3 Å². The zero-order valence-corrected chi connectivity index (χ0v) is 15.2. The second kappa shape index (κ2) is 7.77. The Morgan fingerprint density at radius 3 is 2.67 bits per heavy atom. The van der Waals surface area contributed by atoms with Crippen LogP contribution in [0.5, 0.6) is 5.75 Å². The smallest absolute Gasteiger partial charge is 0.272 e. The number of hydrogen-bond donors (Lipinski definition) is 1. The Balaban J connectivity index is 1.76. The summed E-state index contributed by atoms with van der Waals surface area (Å²) in [6.45, 7) is 1.18. The number of ether oxygens (including phenoxy) is 1. The molecule has 0 aliphatic carbocycles. The van der Waals surface area contributed by atoms with Crippen LogP contribution in [0.25, 0.3) is 0 Å². The van der Waals surface area contributed by atoms with E-state index in [1.807, 2.05) is 0 Å². The molecule has 2 heterocycles. The van der Waals surface area contributed by atoms with Gasteiger partial charge in [0.15, 0.2) is 0 Å². The molecule has 1 atom stereocenters. The van der Waals surface area contributed by atoms with Crippen molar-refractivity contribution in [3.05, 3.63) is 48.0 Å². The number of nitrogens with two attached hydrogens (primary N) is 1. The third-order valence-electron chi connectivity index (χ3n) is 4.90. The predicted molar refractivity (Wildman–Crippen MR) is 96.5 cm³/mol. The maximum Gasteiger partial charge on any atom is 0.272 e. The zero-order valence-electron chi connectivity index (χ0n) is 15.2. The molecule has 0 spiro atoms. The van der Waals surface area contributed by atoms with Crippen molar-refractivity contribution in [2.24, 2.45) is 18.2 Å². The fraction of sp³-hybridized carbons (Fsp3) is 0.421. The third kappa shape index (κ3) is 4.45. The van der Waals surface area contributed by atoms with E-state index in [1.165, 1.54) is 28.9 Å². The number of carbonyl (C=O) groups excluding carboxylic acids is 2. The van der Waals surface area contributed by atoms with Crippen LogP contribution in [-0.4, -0.2) is 46.2 Å². The predicted octanol–water partition coefficient (Wildman–Crippen LogP) is 1.74. The molecule has 0 radical (unpaired) electrons. The molecule has 144 valence electrons. The van der Waals surface area contributed by atoms with Crippen molar-refractivity contribution in [2.45, 2.75) is 19.3 Å². The van der Waals surface area contributed by atoms with Crippen molar-refractivity contribution in [1.29, 1.82) is 0 Å². The molecule has 0 saturated carbocycles. The van der Waals surface area contributed by atoms with Crippen LogP contribution in [0.4, 0.5) is 4.39 Å². The molecule has 27 heavy (non-hydrogen) atoms. The van der Waals surface area contributed by atoms with Gasteiger partial charge in [-0.2, -0.15) is 5.10 Å². The zero-order chi connectivity index (χ0) is 19.4. The normalized spacial score (nSPS) is 19.7. The second-order valence-corrected chi connectivity index (χ2v) is 7.06. The van der Waals surface area contributed by atoms with E-state index in [1.54, 1.807) is 24.2 Å². The van der Waals surface area contributed by atoms with Crippen LogP contribution in [0, 0.1) is 11.2 Å². The van der Waals surface area contributed by atoms with Gasteiger partial charge in [-0.25, -0.2) is 4.39 Å². The Bertz CT molecular complexity index is 821. The van der Waals surface area contributed by atoms with Gasteiger partial charge in [-0.3, -0.25) is 14.3 Å². The van der Waals surface area contributed by atoms with Crippen molar-refractivity contribution in [3.63, 3.8) is 0 Å². The lowest BCUT2D eigenvalue weighted by molar-refractivity contribution is -0.122. The van der Waals surface area contributed by atoms with Crippen molar-refractivity contribution in [1.82, 2.24) is 14.7 Å². The second-order valence-electron chi connectivity index (χ2n) is 7.06. The molecule has 7 nitrogen and oxygen atoms in total. The quantitative estimate of drug-likeness (QED) is 0.834. The largest absolute Gasteiger partial charge is 0.493 e. The molecule has 8 heteroatoms. The summed E-state index contributed by atoms with van der Waals surface area (Å²) in [5, 5.41) is 4.04. The Hall–Kier alpha value is -2.90. The molecule has 1 fully saturated rings. The van der Waals surface area contributed by atoms with Crippen LogP contribution in [0.3, 0.4) is 0 Å². The Labute approximate surface area is 156 Å². The molecule has 0 unspecified atom stereocenters. The first-order valence-corrected chi connectivity index (χ1v) is 8.82. The maximum absolute atomic E-state index is 13.1. The van der Waals surface area contributed by atoms with Gasteiger partial charge in [-0.15, -0.1) is 0 Å². The number of halogens is 1. The summed E-state index contributed by atoms with van der Waals surface area (Å²) >= 11 is 0. The third-order valence-corrected chi connectivity index (χ3v) is 4.90. The summed E-state index contributed by atoms with van der Waals surface area (Å²) in [5.41, 5.74) is 5.39. The van der Waals surface area contributed by atoms with Gasteiger partial charge in [0, 0.05) is 38.2 Å². The summed E-state index contributed by atoms with van der Waals surface area (Å²) in [5.74, 6) is -0.409. The van der Waals surface area contributed by atoms with E-state index >= 15 is 0 Å². The minimum Gasteiger partial charge on any atom is -0.493 e. The summed E-state index contributed by atoms with van der Waals surface area (Å²) < 4.78 is 20.4. The first kappa shape index (κ1) is 18.9. The maximum atomic E-state index is 13.1. The van der Waals surface area contributed by atoms with Gasteiger partial charge in [0.1, 0.15) is 17.3 Å². The van der Waals surface area contributed by atoms with Crippen LogP contribution in [0.1, 0.15) is 29.8 Å². The highest BCUT2D eigenvalue weighted by atomic mass is 19.1. The average molecular weight is 374 g/mol. The first-order chi connectivity index (χ1) is 12.9. The van der Waals surface area contributed by atoms with E-state index in [0.29, 0.717) is 31.0 Å². The van der Waals surface area contributed by atoms with Crippen LogP contribution in [0.2, 0.25) is 0 Å². The molecule has 0 bridgehead atoms. The number of carbonyl (C=O) groups is 2. The lowest BCUT2D eigenvalue weighted by Crippen LogP contribution is -2.50. The Morgan fingerprint density at radius 2 is 2.04 bits per heavy atom. The Kier molecular flexibility index (Phi) is 5.43. The molecule has 2 N–H and O–H groups in total. The number of primary amides is 1. The Morgan fingerprint density at radius 1 is 1.30 bits per heavy atom. The summed E-state index contributed by atoms with van der Waals surface area (Å²) in [6, 6.07) is 7.37. The van der Waals surface area contributed by atoms with Crippen molar-refractivity contribution in [3.8, 4) is 5.75 Å². The molecule has 1 aliphatic heterocycles. The number of hydrogen-bond acceptors (Lipinski definition) is 4. The minimum absolute atomic E-state index is 0.114. The number of amides is 2. The average Bonchev–Trinajstić information content (AvgIpc) is 3.06. The SMILES string of the molecule is Cn1nccc1C(=O)N1CCC[C@](COc2ccc(F)cc2)(CC(N)=O)C1. The van der Waals surface area contributed by atoms with Crippen LogP contribution >= 0.6 is 0 Å². The minimum atomic E-state index is -0.577. The number of rotatable bonds is 6. The van der Waals surface area contributed by atoms with Gasteiger partial charge in [0.05, 0.1) is 6.61 Å².